The molecule has 1 atom stereocenters. The Morgan fingerprint density at radius 1 is 1.18 bits per heavy atom. The van der Waals surface area contributed by atoms with E-state index in [0.29, 0.717) is 55.1 Å². The third-order valence-electron chi connectivity index (χ3n) is 6.29. The zero-order valence-corrected chi connectivity index (χ0v) is 18.7. The van der Waals surface area contributed by atoms with E-state index in [2.05, 4.69) is 25.4 Å². The molecule has 34 heavy (non-hydrogen) atoms. The van der Waals surface area contributed by atoms with Crippen molar-refractivity contribution >= 4 is 10.9 Å². The topological polar surface area (TPSA) is 109 Å². The van der Waals surface area contributed by atoms with Gasteiger partial charge in [-0.15, -0.1) is 5.10 Å². The average Bonchev–Trinajstić information content (AvgIpc) is 3.29. The molecule has 9 nitrogen and oxygen atoms in total. The number of tetrazole rings is 1. The molecule has 176 valence electrons. The molecule has 0 aliphatic carbocycles. The van der Waals surface area contributed by atoms with E-state index < -0.39 is 6.04 Å². The van der Waals surface area contributed by atoms with Gasteiger partial charge in [-0.3, -0.25) is 9.69 Å². The minimum atomic E-state index is -0.516. The Kier molecular flexibility index (Phi) is 6.08. The highest BCUT2D eigenvalue weighted by Gasteiger charge is 2.32. The molecular formula is C24H25FN6O3. The van der Waals surface area contributed by atoms with E-state index in [0.717, 1.165) is 10.9 Å². The van der Waals surface area contributed by atoms with Crippen molar-refractivity contribution < 1.29 is 14.2 Å². The zero-order chi connectivity index (χ0) is 23.7. The molecule has 2 aromatic carbocycles. The van der Waals surface area contributed by atoms with Gasteiger partial charge in [0.05, 0.1) is 25.3 Å². The van der Waals surface area contributed by atoms with Crippen molar-refractivity contribution in [1.82, 2.24) is 30.1 Å². The summed E-state index contributed by atoms with van der Waals surface area (Å²) in [5.74, 6) is 0.851. The van der Waals surface area contributed by atoms with E-state index >= 15 is 0 Å². The molecule has 0 saturated carbocycles. The molecule has 4 aromatic rings. The van der Waals surface area contributed by atoms with Crippen LogP contribution in [-0.4, -0.2) is 61.5 Å². The molecule has 0 unspecified atom stereocenters. The molecule has 0 amide bonds. The molecule has 0 radical (unpaired) electrons. The summed E-state index contributed by atoms with van der Waals surface area (Å²) in [5, 5.41) is 23.3. The fourth-order valence-electron chi connectivity index (χ4n) is 4.45. The molecule has 1 saturated heterocycles. The first-order valence-corrected chi connectivity index (χ1v) is 11.2. The lowest BCUT2D eigenvalue weighted by Gasteiger charge is -2.35. The highest BCUT2D eigenvalue weighted by atomic mass is 19.1. The first-order chi connectivity index (χ1) is 16.5. The predicted octanol–water partition coefficient (Wildman–Crippen LogP) is 2.26. The van der Waals surface area contributed by atoms with Crippen LogP contribution in [0.25, 0.3) is 10.9 Å². The number of hydrogen-bond donors (Lipinski definition) is 2. The molecule has 1 aliphatic heterocycles. The number of rotatable bonds is 6. The number of ether oxygens (including phenoxy) is 1. The minimum absolute atomic E-state index is 0.242. The van der Waals surface area contributed by atoms with Gasteiger partial charge in [0.25, 0.3) is 5.56 Å². The Bertz CT molecular complexity index is 1350. The Morgan fingerprint density at radius 3 is 2.68 bits per heavy atom. The number of likely N-dealkylation sites (tertiary alicyclic amines) is 1. The summed E-state index contributed by atoms with van der Waals surface area (Å²) in [6.45, 7) is 1.52. The molecular weight excluding hydrogens is 439 g/mol. The number of aromatic amines is 1. The van der Waals surface area contributed by atoms with E-state index in [1.807, 2.05) is 18.2 Å². The lowest BCUT2D eigenvalue weighted by molar-refractivity contribution is 0.0659. The molecule has 1 aliphatic rings. The minimum Gasteiger partial charge on any atom is -0.497 e. The zero-order valence-electron chi connectivity index (χ0n) is 18.7. The van der Waals surface area contributed by atoms with Crippen molar-refractivity contribution in [3.05, 3.63) is 81.7 Å². The standard InChI is InChI=1S/C24H25FN6O3/c1-34-19-7-4-16-12-20(24(33)26-21(16)13-19)22(30-10-8-18(32)9-11-30)23-27-28-29-31(23)14-15-2-5-17(25)6-3-15/h2-7,12-13,18,22,32H,8-11,14H2,1H3,(H,26,33)/t22-/m0/s1. The van der Waals surface area contributed by atoms with Crippen LogP contribution in [0.5, 0.6) is 5.75 Å². The molecule has 3 heterocycles. The Labute approximate surface area is 194 Å². The first-order valence-electron chi connectivity index (χ1n) is 11.2. The summed E-state index contributed by atoms with van der Waals surface area (Å²) in [6.07, 6.45) is 0.826. The highest BCUT2D eigenvalue weighted by Crippen LogP contribution is 2.30. The van der Waals surface area contributed by atoms with Crippen LogP contribution in [0.3, 0.4) is 0 Å². The normalized spacial score (nSPS) is 16.1. The summed E-state index contributed by atoms with van der Waals surface area (Å²) in [5.41, 5.74) is 1.78. The molecule has 1 fully saturated rings. The maximum Gasteiger partial charge on any atom is 0.253 e. The number of pyridine rings is 1. The number of aliphatic hydroxyl groups is 1. The van der Waals surface area contributed by atoms with Gasteiger partial charge in [-0.05, 0) is 64.5 Å². The van der Waals surface area contributed by atoms with E-state index in [4.69, 9.17) is 4.74 Å². The molecule has 2 N–H and O–H groups in total. The number of H-pyrrole nitrogens is 1. The van der Waals surface area contributed by atoms with Crippen LogP contribution in [0.1, 0.15) is 35.8 Å². The van der Waals surface area contributed by atoms with E-state index in [1.54, 1.807) is 30.0 Å². The third kappa shape index (κ3) is 4.42. The van der Waals surface area contributed by atoms with Crippen molar-refractivity contribution in [3.8, 4) is 5.75 Å². The smallest absolute Gasteiger partial charge is 0.253 e. The molecule has 0 bridgehead atoms. The van der Waals surface area contributed by atoms with Gasteiger partial charge in [0.2, 0.25) is 0 Å². The molecule has 0 spiro atoms. The second-order valence-corrected chi connectivity index (χ2v) is 8.50. The van der Waals surface area contributed by atoms with Crippen molar-refractivity contribution in [2.75, 3.05) is 20.2 Å². The quantitative estimate of drug-likeness (QED) is 0.451. The fraction of sp³-hybridized carbons (Fsp3) is 0.333. The Balaban J connectivity index is 1.59. The van der Waals surface area contributed by atoms with E-state index in [9.17, 15) is 14.3 Å². The summed E-state index contributed by atoms with van der Waals surface area (Å²) in [7, 11) is 1.58. The van der Waals surface area contributed by atoms with Gasteiger partial charge in [0.1, 0.15) is 17.6 Å². The second kappa shape index (κ2) is 9.32. The number of methoxy groups -OCH3 is 1. The molecule has 10 heteroatoms. The lowest BCUT2D eigenvalue weighted by atomic mass is 9.99. The van der Waals surface area contributed by atoms with Crippen molar-refractivity contribution in [2.24, 2.45) is 0 Å². The van der Waals surface area contributed by atoms with Gasteiger partial charge in [0.15, 0.2) is 5.82 Å². The van der Waals surface area contributed by atoms with Gasteiger partial charge in [-0.1, -0.05) is 12.1 Å². The lowest BCUT2D eigenvalue weighted by Crippen LogP contribution is -2.41. The van der Waals surface area contributed by atoms with Crippen molar-refractivity contribution in [2.45, 2.75) is 31.5 Å². The number of aliphatic hydroxyl groups excluding tert-OH is 1. The van der Waals surface area contributed by atoms with Gasteiger partial charge >= 0.3 is 0 Å². The van der Waals surface area contributed by atoms with E-state index in [1.165, 1.54) is 12.1 Å². The SMILES string of the molecule is COc1ccc2cc([C@@H](c3nnnn3Cc3ccc(F)cc3)N3CCC(O)CC3)c(=O)[nH]c2c1. The number of fused-ring (bicyclic) bond motifs is 1. The summed E-state index contributed by atoms with van der Waals surface area (Å²) < 4.78 is 20.3. The number of halogens is 1. The summed E-state index contributed by atoms with van der Waals surface area (Å²) in [4.78, 5) is 18.4. The van der Waals surface area contributed by atoms with Crippen LogP contribution in [0.4, 0.5) is 4.39 Å². The monoisotopic (exact) mass is 464 g/mol. The molecule has 5 rings (SSSR count). The first kappa shape index (κ1) is 22.2. The number of piperidine rings is 1. The third-order valence-corrected chi connectivity index (χ3v) is 6.29. The summed E-state index contributed by atoms with van der Waals surface area (Å²) in [6, 6.07) is 13.0. The summed E-state index contributed by atoms with van der Waals surface area (Å²) >= 11 is 0. The number of aromatic nitrogens is 5. The van der Waals surface area contributed by atoms with Gasteiger partial charge < -0.3 is 14.8 Å². The van der Waals surface area contributed by atoms with Gasteiger partial charge in [-0.2, -0.15) is 0 Å². The van der Waals surface area contributed by atoms with Crippen LogP contribution in [-0.2, 0) is 6.54 Å². The van der Waals surface area contributed by atoms with Crippen LogP contribution in [0.15, 0.2) is 53.3 Å². The number of hydrogen-bond acceptors (Lipinski definition) is 7. The fourth-order valence-corrected chi connectivity index (χ4v) is 4.45. The highest BCUT2D eigenvalue weighted by molar-refractivity contribution is 5.80. The predicted molar refractivity (Wildman–Crippen MR) is 123 cm³/mol. The Hall–Kier alpha value is -3.63. The average molecular weight is 465 g/mol. The maximum absolute atomic E-state index is 13.4. The van der Waals surface area contributed by atoms with Crippen molar-refractivity contribution in [3.63, 3.8) is 0 Å². The van der Waals surface area contributed by atoms with Gasteiger partial charge in [-0.25, -0.2) is 9.07 Å². The van der Waals surface area contributed by atoms with Crippen LogP contribution in [0.2, 0.25) is 0 Å². The number of benzene rings is 2. The largest absolute Gasteiger partial charge is 0.497 e. The van der Waals surface area contributed by atoms with Crippen LogP contribution < -0.4 is 10.3 Å². The molecule has 2 aromatic heterocycles. The van der Waals surface area contributed by atoms with Gasteiger partial charge in [0, 0.05) is 24.7 Å². The van der Waals surface area contributed by atoms with Crippen molar-refractivity contribution in [1.29, 1.82) is 0 Å². The maximum atomic E-state index is 13.4. The van der Waals surface area contributed by atoms with Crippen LogP contribution in [0, 0.1) is 5.82 Å². The second-order valence-electron chi connectivity index (χ2n) is 8.50. The number of nitrogens with zero attached hydrogens (tertiary/aromatic N) is 5. The van der Waals surface area contributed by atoms with E-state index in [-0.39, 0.29) is 17.5 Å². The number of nitrogens with one attached hydrogen (secondary N) is 1. The Morgan fingerprint density at radius 2 is 1.94 bits per heavy atom. The van der Waals surface area contributed by atoms with Crippen LogP contribution >= 0.6 is 0 Å².